The summed E-state index contributed by atoms with van der Waals surface area (Å²) in [6.45, 7) is 2.68. The Bertz CT molecular complexity index is 823. The first-order chi connectivity index (χ1) is 14.3. The smallest absolute Gasteiger partial charge is 0.455 e. The molecule has 0 aromatic heterocycles. The van der Waals surface area contributed by atoms with Gasteiger partial charge in [-0.2, -0.15) is 0 Å². The van der Waals surface area contributed by atoms with E-state index >= 15 is 0 Å². The zero-order valence-corrected chi connectivity index (χ0v) is 16.4. The molecule has 1 aliphatic carbocycles. The van der Waals surface area contributed by atoms with Gasteiger partial charge >= 0.3 is 13.1 Å². The molecular weight excluding hydrogens is 395 g/mol. The predicted molar refractivity (Wildman–Crippen MR) is 105 cm³/mol. The highest BCUT2D eigenvalue weighted by Crippen LogP contribution is 2.56. The van der Waals surface area contributed by atoms with Crippen LogP contribution in [0.5, 0.6) is 11.5 Å². The van der Waals surface area contributed by atoms with Crippen LogP contribution in [0.1, 0.15) is 34.7 Å². The van der Waals surface area contributed by atoms with Gasteiger partial charge in [0.1, 0.15) is 23.2 Å². The van der Waals surface area contributed by atoms with Crippen molar-refractivity contribution in [3.8, 4) is 11.5 Å². The van der Waals surface area contributed by atoms with Crippen molar-refractivity contribution < 1.29 is 39.3 Å². The summed E-state index contributed by atoms with van der Waals surface area (Å²) < 4.78 is 11.3. The first kappa shape index (κ1) is 20.9. The second-order valence-corrected chi connectivity index (χ2v) is 8.04. The number of hydrogen-bond acceptors (Lipinski definition) is 8. The van der Waals surface area contributed by atoms with Crippen molar-refractivity contribution in [2.24, 2.45) is 0 Å². The van der Waals surface area contributed by atoms with Crippen LogP contribution in [0, 0.1) is 0 Å². The van der Waals surface area contributed by atoms with Crippen LogP contribution in [-0.2, 0) is 9.53 Å². The summed E-state index contributed by atoms with van der Waals surface area (Å²) in [4.78, 5) is 25.7. The second-order valence-electron chi connectivity index (χ2n) is 8.04. The van der Waals surface area contributed by atoms with Gasteiger partial charge in [-0.25, -0.2) is 4.79 Å². The van der Waals surface area contributed by atoms with E-state index in [4.69, 9.17) is 9.47 Å². The number of carbonyl (C=O) groups is 2. The molecule has 4 rings (SSSR count). The number of ether oxygens (including phenoxy) is 2. The zero-order chi connectivity index (χ0) is 21.4. The normalized spacial score (nSPS) is 26.1. The minimum atomic E-state index is -1.51. The molecule has 3 aliphatic rings. The minimum absolute atomic E-state index is 0.0300. The van der Waals surface area contributed by atoms with Crippen molar-refractivity contribution in [1.29, 1.82) is 0 Å². The Morgan fingerprint density at radius 1 is 1.30 bits per heavy atom. The molecule has 2 saturated heterocycles. The average Bonchev–Trinajstić information content (AvgIpc) is 3.45. The molecule has 30 heavy (non-hydrogen) atoms. The summed E-state index contributed by atoms with van der Waals surface area (Å²) >= 11 is 0. The lowest BCUT2D eigenvalue weighted by atomic mass is 9.81. The molecule has 2 aliphatic heterocycles. The van der Waals surface area contributed by atoms with Crippen molar-refractivity contribution in [1.82, 2.24) is 10.2 Å². The van der Waals surface area contributed by atoms with E-state index in [1.807, 2.05) is 0 Å². The van der Waals surface area contributed by atoms with Gasteiger partial charge in [0, 0.05) is 18.9 Å². The third-order valence-corrected chi connectivity index (χ3v) is 5.91. The first-order valence-electron chi connectivity index (χ1n) is 10.1. The monoisotopic (exact) mass is 420 g/mol. The maximum absolute atomic E-state index is 12.3. The van der Waals surface area contributed by atoms with Crippen LogP contribution in [0.2, 0.25) is 5.82 Å². The highest BCUT2D eigenvalue weighted by molar-refractivity contribution is 6.44. The fourth-order valence-corrected chi connectivity index (χ4v) is 4.07. The summed E-state index contributed by atoms with van der Waals surface area (Å²) in [6.07, 6.45) is 0.243. The number of carboxylic acids is 1. The molecule has 3 fully saturated rings. The van der Waals surface area contributed by atoms with E-state index in [9.17, 15) is 29.9 Å². The Kier molecular flexibility index (Phi) is 5.87. The molecule has 1 amide bonds. The highest BCUT2D eigenvalue weighted by atomic mass is 16.5. The number of aromatic carboxylic acids is 1. The molecule has 3 atom stereocenters. The van der Waals surface area contributed by atoms with Crippen LogP contribution in [0.4, 0.5) is 0 Å². The number of hydrogen-bond donors (Lipinski definition) is 5. The van der Waals surface area contributed by atoms with Gasteiger partial charge in [0.05, 0.1) is 32.2 Å². The minimum Gasteiger partial charge on any atom is -0.507 e. The largest absolute Gasteiger partial charge is 0.507 e. The van der Waals surface area contributed by atoms with E-state index in [2.05, 4.69) is 5.32 Å². The molecule has 10 nitrogen and oxygen atoms in total. The maximum atomic E-state index is 12.3. The number of aromatic hydroxyl groups is 1. The predicted octanol–water partition coefficient (Wildman–Crippen LogP) is -0.611. The SMILES string of the molecule is O=C(O)c1c(OC2CN(C(=O)C[C@@H]3CNCCO3)C2)ccc([C@H]2C[C@H]2B(O)O)c1O. The van der Waals surface area contributed by atoms with Crippen molar-refractivity contribution in [2.75, 3.05) is 32.8 Å². The van der Waals surface area contributed by atoms with E-state index in [0.717, 1.165) is 6.54 Å². The van der Waals surface area contributed by atoms with Crippen LogP contribution in [0.15, 0.2) is 12.1 Å². The summed E-state index contributed by atoms with van der Waals surface area (Å²) in [5.74, 6) is -2.48. The fraction of sp³-hybridized carbons (Fsp3) is 0.579. The van der Waals surface area contributed by atoms with Crippen molar-refractivity contribution >= 4 is 19.0 Å². The van der Waals surface area contributed by atoms with Crippen molar-refractivity contribution in [2.45, 2.75) is 36.8 Å². The Labute approximate surface area is 173 Å². The third kappa shape index (κ3) is 4.24. The van der Waals surface area contributed by atoms with Crippen LogP contribution in [0.25, 0.3) is 0 Å². The Balaban J connectivity index is 1.36. The van der Waals surface area contributed by atoms with Gasteiger partial charge in [0.2, 0.25) is 5.91 Å². The van der Waals surface area contributed by atoms with E-state index in [1.54, 1.807) is 11.0 Å². The maximum Gasteiger partial charge on any atom is 0.455 e. The number of morpholine rings is 1. The van der Waals surface area contributed by atoms with E-state index in [-0.39, 0.29) is 41.8 Å². The van der Waals surface area contributed by atoms with Crippen molar-refractivity contribution in [3.05, 3.63) is 23.3 Å². The summed E-state index contributed by atoms with van der Waals surface area (Å²) in [6, 6.07) is 3.03. The van der Waals surface area contributed by atoms with Gasteiger partial charge in [-0.1, -0.05) is 6.07 Å². The summed E-state index contributed by atoms with van der Waals surface area (Å²) in [7, 11) is -1.51. The average molecular weight is 420 g/mol. The van der Waals surface area contributed by atoms with E-state index in [1.165, 1.54) is 6.07 Å². The van der Waals surface area contributed by atoms with Gasteiger partial charge in [0.15, 0.2) is 0 Å². The van der Waals surface area contributed by atoms with Crippen LogP contribution in [0.3, 0.4) is 0 Å². The van der Waals surface area contributed by atoms with Gasteiger partial charge < -0.3 is 40.0 Å². The number of carboxylic acid groups (broad SMARTS) is 1. The lowest BCUT2D eigenvalue weighted by molar-refractivity contribution is -0.143. The Morgan fingerprint density at radius 3 is 2.67 bits per heavy atom. The quantitative estimate of drug-likeness (QED) is 0.364. The van der Waals surface area contributed by atoms with Crippen LogP contribution in [-0.4, -0.2) is 89.1 Å². The molecule has 162 valence electrons. The van der Waals surface area contributed by atoms with Crippen LogP contribution < -0.4 is 10.1 Å². The topological polar surface area (TPSA) is 149 Å². The van der Waals surface area contributed by atoms with Crippen molar-refractivity contribution in [3.63, 3.8) is 0 Å². The van der Waals surface area contributed by atoms with Gasteiger partial charge in [0.25, 0.3) is 0 Å². The number of phenols is 1. The Morgan fingerprint density at radius 2 is 2.07 bits per heavy atom. The molecule has 1 aromatic rings. The number of benzene rings is 1. The number of likely N-dealkylation sites (tertiary alicyclic amines) is 1. The lowest BCUT2D eigenvalue weighted by Gasteiger charge is -2.40. The summed E-state index contributed by atoms with van der Waals surface area (Å²) in [5.41, 5.74) is 0.0152. The zero-order valence-electron chi connectivity index (χ0n) is 16.4. The van der Waals surface area contributed by atoms with Gasteiger partial charge in [-0.15, -0.1) is 0 Å². The van der Waals surface area contributed by atoms with E-state index < -0.39 is 24.7 Å². The molecule has 5 N–H and O–H groups in total. The molecule has 11 heteroatoms. The number of nitrogens with zero attached hydrogens (tertiary/aromatic N) is 1. The number of nitrogens with one attached hydrogen (secondary N) is 1. The molecule has 0 radical (unpaired) electrons. The standard InChI is InChI=1S/C19H25BN2O8/c23-16(5-10-7-21-3-4-29-10)22-8-11(9-22)30-15-2-1-12(13-6-14(13)20(27)28)18(24)17(15)19(25)26/h1-2,10-11,13-14,21,24,27-28H,3-9H2,(H,25,26)/t10-,13-,14-/m1/s1. The van der Waals surface area contributed by atoms with Crippen LogP contribution >= 0.6 is 0 Å². The lowest BCUT2D eigenvalue weighted by Crippen LogP contribution is -2.57. The molecular formula is C19H25BN2O8. The molecule has 0 bridgehead atoms. The number of rotatable bonds is 7. The molecule has 1 saturated carbocycles. The van der Waals surface area contributed by atoms with Gasteiger partial charge in [-0.05, 0) is 24.0 Å². The third-order valence-electron chi connectivity index (χ3n) is 5.91. The Hall–Kier alpha value is -2.34. The van der Waals surface area contributed by atoms with E-state index in [0.29, 0.717) is 38.2 Å². The molecule has 2 heterocycles. The fourth-order valence-electron chi connectivity index (χ4n) is 4.07. The highest BCUT2D eigenvalue weighted by Gasteiger charge is 2.48. The second kappa shape index (κ2) is 8.42. The number of carbonyl (C=O) groups excluding carboxylic acids is 1. The summed E-state index contributed by atoms with van der Waals surface area (Å²) in [5, 5.41) is 41.7. The number of amides is 1. The molecule has 1 aromatic carbocycles. The first-order valence-corrected chi connectivity index (χ1v) is 10.1. The molecule has 0 spiro atoms. The van der Waals surface area contributed by atoms with Gasteiger partial charge in [-0.3, -0.25) is 4.79 Å². The molecule has 0 unspecified atom stereocenters.